The summed E-state index contributed by atoms with van der Waals surface area (Å²) in [5.41, 5.74) is 6.18. The summed E-state index contributed by atoms with van der Waals surface area (Å²) < 4.78 is 33.1. The van der Waals surface area contributed by atoms with Crippen LogP contribution >= 0.6 is 0 Å². The van der Waals surface area contributed by atoms with Crippen molar-refractivity contribution in [1.29, 1.82) is 0 Å². The van der Waals surface area contributed by atoms with Crippen molar-refractivity contribution in [2.75, 3.05) is 0 Å². The molecule has 0 unspecified atom stereocenters. The van der Waals surface area contributed by atoms with Gasteiger partial charge >= 0.3 is 0 Å². The van der Waals surface area contributed by atoms with Gasteiger partial charge in [0.25, 0.3) is 22.9 Å². The number of hydrogen-bond acceptors (Lipinski definition) is 8. The van der Waals surface area contributed by atoms with E-state index in [4.69, 9.17) is 0 Å². The molecule has 2 aliphatic rings. The Bertz CT molecular complexity index is 3220. The number of amides is 2. The van der Waals surface area contributed by atoms with Crippen molar-refractivity contribution in [2.24, 2.45) is 0 Å². The predicted octanol–water partition coefficient (Wildman–Crippen LogP) is 7.17. The monoisotopic (exact) mass is 862 g/mol. The summed E-state index contributed by atoms with van der Waals surface area (Å²) in [7, 11) is 0. The Morgan fingerprint density at radius 3 is 1.64 bits per heavy atom. The average molecular weight is 863 g/mol. The number of aromatic amines is 2. The highest BCUT2D eigenvalue weighted by atomic mass is 19.1. The van der Waals surface area contributed by atoms with E-state index in [-0.39, 0.29) is 46.1 Å². The number of aromatic nitrogens is 8. The quantitative estimate of drug-likeness (QED) is 0.162. The van der Waals surface area contributed by atoms with Crippen LogP contribution in [0.4, 0.5) is 8.78 Å². The Labute approximate surface area is 365 Å². The third kappa shape index (κ3) is 7.98. The molecule has 4 aromatic heterocycles. The van der Waals surface area contributed by atoms with E-state index in [1.807, 2.05) is 67.5 Å². The number of carbonyl (C=O) groups is 2. The molecule has 0 saturated carbocycles. The van der Waals surface area contributed by atoms with Crippen molar-refractivity contribution in [2.45, 2.75) is 78.8 Å². The summed E-state index contributed by atoms with van der Waals surface area (Å²) in [6.45, 7) is 9.77. The fraction of sp³-hybridized carbons (Fsp3) is 0.250. The van der Waals surface area contributed by atoms with Crippen molar-refractivity contribution in [3.8, 4) is 0 Å². The van der Waals surface area contributed by atoms with E-state index in [1.54, 1.807) is 64.5 Å². The molecule has 2 N–H and O–H groups in total. The van der Waals surface area contributed by atoms with E-state index < -0.39 is 11.6 Å². The van der Waals surface area contributed by atoms with Gasteiger partial charge in [-0.1, -0.05) is 48.5 Å². The van der Waals surface area contributed by atoms with Crippen LogP contribution in [0.15, 0.2) is 107 Å². The molecule has 0 saturated heterocycles. The molecular weight excluding hydrogens is 819 g/mol. The topological polar surface area (TPSA) is 168 Å². The molecule has 2 aliphatic heterocycles. The number of rotatable bonds is 8. The number of benzene rings is 4. The molecule has 8 aromatic rings. The number of hydrogen-bond donors (Lipinski definition) is 2. The van der Waals surface area contributed by atoms with E-state index in [0.717, 1.165) is 44.4 Å². The highest BCUT2D eigenvalue weighted by Gasteiger charge is 2.31. The smallest absolute Gasteiger partial charge is 0.272 e. The number of halogens is 2. The predicted molar refractivity (Wildman–Crippen MR) is 236 cm³/mol. The van der Waals surface area contributed by atoms with Crippen LogP contribution in [0.25, 0.3) is 21.5 Å². The van der Waals surface area contributed by atoms with Crippen LogP contribution in [0.2, 0.25) is 0 Å². The zero-order valence-electron chi connectivity index (χ0n) is 35.6. The van der Waals surface area contributed by atoms with Gasteiger partial charge in [0.2, 0.25) is 0 Å². The van der Waals surface area contributed by atoms with Gasteiger partial charge < -0.3 is 9.80 Å². The van der Waals surface area contributed by atoms with Crippen molar-refractivity contribution >= 4 is 33.4 Å². The minimum Gasteiger partial charge on any atom is -0.328 e. The number of H-pyrrole nitrogens is 2. The van der Waals surface area contributed by atoms with Gasteiger partial charge in [0.15, 0.2) is 0 Å². The highest BCUT2D eigenvalue weighted by Crippen LogP contribution is 2.29. The molecule has 0 bridgehead atoms. The maximum atomic E-state index is 14.7. The Morgan fingerprint density at radius 2 is 1.14 bits per heavy atom. The fourth-order valence-electron chi connectivity index (χ4n) is 8.37. The van der Waals surface area contributed by atoms with Crippen LogP contribution in [0.5, 0.6) is 0 Å². The molecule has 0 aliphatic carbocycles. The molecule has 6 heterocycles. The molecule has 16 heteroatoms. The lowest BCUT2D eigenvalue weighted by Gasteiger charge is -2.18. The second-order valence-electron chi connectivity index (χ2n) is 16.7. The molecule has 0 radical (unpaired) electrons. The minimum atomic E-state index is -0.560. The first-order chi connectivity index (χ1) is 30.8. The standard InChI is InChI=1S/2C24H22FN5O2/c1-14(2)30-12-16-11-29(13-22(16)28-30)24(32)19-9-15(7-8-20(19)25)10-21-17-5-3-4-6-18(17)23(31)27-26-21;1-14(2)30-22-13-29(12-16(22)11-26-30)24(32)19-9-15(7-8-20(19)25)10-21-17-5-3-4-6-18(17)23(31)28-27-21/h3-9,12,14H,10-11,13H2,1-2H3,(H,27,31);3-9,11,14H,10,12-13H2,1-2H3,(H,28,31). The lowest BCUT2D eigenvalue weighted by atomic mass is 10.0. The third-order valence-corrected chi connectivity index (χ3v) is 11.7. The van der Waals surface area contributed by atoms with E-state index in [0.29, 0.717) is 61.2 Å². The van der Waals surface area contributed by atoms with Crippen molar-refractivity contribution in [3.63, 3.8) is 0 Å². The maximum Gasteiger partial charge on any atom is 0.272 e. The van der Waals surface area contributed by atoms with Gasteiger partial charge in [0, 0.05) is 66.1 Å². The number of nitrogens with one attached hydrogen (secondary N) is 2. The van der Waals surface area contributed by atoms with Crippen LogP contribution in [0.1, 0.15) is 106 Å². The lowest BCUT2D eigenvalue weighted by molar-refractivity contribution is 0.0736. The minimum absolute atomic E-state index is 0.0260. The molecule has 2 amide bonds. The second kappa shape index (κ2) is 16.9. The molecule has 64 heavy (non-hydrogen) atoms. The lowest BCUT2D eigenvalue weighted by Crippen LogP contribution is -2.27. The average Bonchev–Trinajstić information content (AvgIpc) is 4.09. The third-order valence-electron chi connectivity index (χ3n) is 11.7. The zero-order chi connectivity index (χ0) is 44.8. The Kier molecular flexibility index (Phi) is 11.0. The number of nitrogens with zero attached hydrogens (tertiary/aromatic N) is 8. The summed E-state index contributed by atoms with van der Waals surface area (Å²) in [6, 6.07) is 23.9. The van der Waals surface area contributed by atoms with Crippen molar-refractivity contribution < 1.29 is 18.4 Å². The summed E-state index contributed by atoms with van der Waals surface area (Å²) in [5, 5.41) is 24.9. The van der Waals surface area contributed by atoms with Crippen molar-refractivity contribution in [3.05, 3.63) is 186 Å². The van der Waals surface area contributed by atoms with Gasteiger partial charge in [0.05, 0.1) is 64.0 Å². The molecule has 0 atom stereocenters. The first-order valence-corrected chi connectivity index (χ1v) is 21.0. The Morgan fingerprint density at radius 1 is 0.641 bits per heavy atom. The van der Waals surface area contributed by atoms with E-state index >= 15 is 0 Å². The van der Waals surface area contributed by atoms with Crippen LogP contribution in [-0.4, -0.2) is 61.6 Å². The number of fused-ring (bicyclic) bond motifs is 4. The second-order valence-corrected chi connectivity index (χ2v) is 16.7. The molecule has 10 rings (SSSR count). The zero-order valence-corrected chi connectivity index (χ0v) is 35.6. The van der Waals surface area contributed by atoms with E-state index in [2.05, 4.69) is 30.6 Å². The van der Waals surface area contributed by atoms with Crippen LogP contribution < -0.4 is 11.1 Å². The molecule has 14 nitrogen and oxygen atoms in total. The molecular formula is C48H44F2N10O4. The first-order valence-electron chi connectivity index (χ1n) is 21.0. The summed E-state index contributed by atoms with van der Waals surface area (Å²) in [6.07, 6.45) is 4.45. The molecule has 324 valence electrons. The van der Waals surface area contributed by atoms with E-state index in [9.17, 15) is 28.0 Å². The SMILES string of the molecule is CC(C)n1cc2c(n1)CN(C(=O)c1cc(Cc3n[nH]c(=O)c4ccccc34)ccc1F)C2.CC(C)n1ncc2c1CN(C(=O)c1cc(Cc3n[nH]c(=O)c4ccccc34)ccc1F)C2. The summed E-state index contributed by atoms with van der Waals surface area (Å²) in [4.78, 5) is 53.6. The van der Waals surface area contributed by atoms with Gasteiger partial charge in [-0.05, 0) is 75.2 Å². The summed E-state index contributed by atoms with van der Waals surface area (Å²) >= 11 is 0. The largest absolute Gasteiger partial charge is 0.328 e. The van der Waals surface area contributed by atoms with Crippen molar-refractivity contribution in [1.82, 2.24) is 49.8 Å². The molecule has 4 aromatic carbocycles. The number of carbonyl (C=O) groups excluding carboxylic acids is 2. The van der Waals surface area contributed by atoms with Gasteiger partial charge in [-0.3, -0.25) is 28.5 Å². The van der Waals surface area contributed by atoms with Crippen LogP contribution in [0, 0.1) is 11.6 Å². The Hall–Kier alpha value is -7.62. The maximum absolute atomic E-state index is 14.7. The van der Waals surface area contributed by atoms with Gasteiger partial charge in [0.1, 0.15) is 11.6 Å². The highest BCUT2D eigenvalue weighted by molar-refractivity contribution is 5.96. The Balaban J connectivity index is 0.000000162. The van der Waals surface area contributed by atoms with Gasteiger partial charge in [-0.15, -0.1) is 0 Å². The van der Waals surface area contributed by atoms with Gasteiger partial charge in [-0.25, -0.2) is 19.0 Å². The van der Waals surface area contributed by atoms with Crippen LogP contribution in [-0.2, 0) is 39.0 Å². The summed E-state index contributed by atoms with van der Waals surface area (Å²) in [5.74, 6) is -1.83. The van der Waals surface area contributed by atoms with E-state index in [1.165, 1.54) is 12.1 Å². The van der Waals surface area contributed by atoms with Gasteiger partial charge in [-0.2, -0.15) is 20.4 Å². The fourth-order valence-corrected chi connectivity index (χ4v) is 8.37. The normalized spacial score (nSPS) is 13.2. The molecule has 0 fully saturated rings. The first kappa shape index (κ1) is 41.7. The molecule has 0 spiro atoms. The van der Waals surface area contributed by atoms with Crippen LogP contribution in [0.3, 0.4) is 0 Å².